The van der Waals surface area contributed by atoms with Crippen molar-refractivity contribution in [2.45, 2.75) is 50.8 Å². The molecule has 0 aromatic rings. The van der Waals surface area contributed by atoms with Crippen LogP contribution in [0.15, 0.2) is 0 Å². The zero-order valence-electron chi connectivity index (χ0n) is 13.5. The maximum absolute atomic E-state index is 12.3. The fourth-order valence-corrected chi connectivity index (χ4v) is 4.43. The summed E-state index contributed by atoms with van der Waals surface area (Å²) >= 11 is 0. The Morgan fingerprint density at radius 3 is 2.62 bits per heavy atom. The zero-order chi connectivity index (χ0) is 16.0. The maximum atomic E-state index is 12.3. The molecule has 21 heavy (non-hydrogen) atoms. The largest absolute Gasteiger partial charge is 0.469 e. The molecule has 0 aromatic carbocycles. The second-order valence-electron chi connectivity index (χ2n) is 5.97. The van der Waals surface area contributed by atoms with Crippen LogP contribution in [-0.4, -0.2) is 57.8 Å². The first-order valence-electron chi connectivity index (χ1n) is 7.56. The zero-order valence-corrected chi connectivity index (χ0v) is 14.3. The van der Waals surface area contributed by atoms with Crippen LogP contribution in [0, 0.1) is 5.92 Å². The number of carbonyl (C=O) groups excluding carboxylic acids is 1. The predicted molar refractivity (Wildman–Crippen MR) is 82.5 cm³/mol. The van der Waals surface area contributed by atoms with E-state index in [1.54, 1.807) is 0 Å². The number of sulfonamides is 1. The first-order chi connectivity index (χ1) is 9.79. The molecule has 1 saturated carbocycles. The normalized spacial score (nSPS) is 23.0. The van der Waals surface area contributed by atoms with E-state index < -0.39 is 27.2 Å². The molecule has 0 saturated heterocycles. The van der Waals surface area contributed by atoms with Crippen molar-refractivity contribution in [1.29, 1.82) is 0 Å². The highest BCUT2D eigenvalue weighted by Gasteiger charge is 2.41. The average molecular weight is 320 g/mol. The molecule has 0 spiro atoms. The summed E-state index contributed by atoms with van der Waals surface area (Å²) in [5.74, 6) is -0.937. The van der Waals surface area contributed by atoms with Crippen molar-refractivity contribution in [3.8, 4) is 0 Å². The number of carbonyl (C=O) groups is 1. The van der Waals surface area contributed by atoms with E-state index in [2.05, 4.69) is 23.5 Å². The molecule has 124 valence electrons. The van der Waals surface area contributed by atoms with E-state index in [1.807, 2.05) is 7.05 Å². The molecule has 0 amide bonds. The van der Waals surface area contributed by atoms with E-state index in [0.717, 1.165) is 19.4 Å². The van der Waals surface area contributed by atoms with Gasteiger partial charge in [0, 0.05) is 12.6 Å². The monoisotopic (exact) mass is 320 g/mol. The molecule has 0 radical (unpaired) electrons. The highest BCUT2D eigenvalue weighted by Crippen LogP contribution is 2.31. The predicted octanol–water partition coefficient (Wildman–Crippen LogP) is 0.978. The Bertz CT molecular complexity index is 436. The van der Waals surface area contributed by atoms with E-state index in [-0.39, 0.29) is 0 Å². The Kier molecular flexibility index (Phi) is 7.09. The van der Waals surface area contributed by atoms with Crippen LogP contribution in [-0.2, 0) is 19.6 Å². The number of nitrogens with zero attached hydrogens (tertiary/aromatic N) is 1. The van der Waals surface area contributed by atoms with Gasteiger partial charge in [-0.1, -0.05) is 6.42 Å². The molecule has 1 fully saturated rings. The fraction of sp³-hybridized carbons (Fsp3) is 0.929. The molecule has 2 atom stereocenters. The van der Waals surface area contributed by atoms with Gasteiger partial charge in [-0.2, -0.15) is 0 Å². The van der Waals surface area contributed by atoms with Gasteiger partial charge in [0.05, 0.1) is 18.3 Å². The quantitative estimate of drug-likeness (QED) is 0.533. The topological polar surface area (TPSA) is 75.7 Å². The number of ether oxygens (including phenoxy) is 1. The molecular formula is C14H28N2O4S. The Hall–Kier alpha value is -0.660. The van der Waals surface area contributed by atoms with Crippen LogP contribution < -0.4 is 4.72 Å². The summed E-state index contributed by atoms with van der Waals surface area (Å²) in [5, 5.41) is -0.646. The number of esters is 1. The fourth-order valence-electron chi connectivity index (χ4n) is 2.63. The van der Waals surface area contributed by atoms with Gasteiger partial charge < -0.3 is 9.64 Å². The molecule has 1 rings (SSSR count). The lowest BCUT2D eigenvalue weighted by atomic mass is 10.1. The molecule has 0 aliphatic heterocycles. The van der Waals surface area contributed by atoms with Crippen molar-refractivity contribution in [2.75, 3.05) is 27.2 Å². The van der Waals surface area contributed by atoms with Gasteiger partial charge in [0.2, 0.25) is 10.0 Å². The molecule has 1 N–H and O–H groups in total. The van der Waals surface area contributed by atoms with E-state index in [0.29, 0.717) is 25.4 Å². The van der Waals surface area contributed by atoms with Gasteiger partial charge in [-0.25, -0.2) is 13.1 Å². The minimum absolute atomic E-state index is 0.407. The molecule has 1 aliphatic rings. The van der Waals surface area contributed by atoms with Crippen molar-refractivity contribution in [3.63, 3.8) is 0 Å². The van der Waals surface area contributed by atoms with Gasteiger partial charge in [0.1, 0.15) is 0 Å². The molecule has 6 nitrogen and oxygen atoms in total. The van der Waals surface area contributed by atoms with Gasteiger partial charge in [-0.3, -0.25) is 4.79 Å². The van der Waals surface area contributed by atoms with Crippen LogP contribution in [0.3, 0.4) is 0 Å². The lowest BCUT2D eigenvalue weighted by molar-refractivity contribution is -0.145. The second-order valence-corrected chi connectivity index (χ2v) is 7.95. The summed E-state index contributed by atoms with van der Waals surface area (Å²) in [5.41, 5.74) is 0. The van der Waals surface area contributed by atoms with Crippen molar-refractivity contribution < 1.29 is 17.9 Å². The number of hydrogen-bond donors (Lipinski definition) is 1. The van der Waals surface area contributed by atoms with E-state index >= 15 is 0 Å². The summed E-state index contributed by atoms with van der Waals surface area (Å²) in [6.45, 7) is 5.45. The molecule has 2 unspecified atom stereocenters. The average Bonchev–Trinajstić information content (AvgIpc) is 2.92. The van der Waals surface area contributed by atoms with Crippen LogP contribution in [0.2, 0.25) is 0 Å². The highest BCUT2D eigenvalue weighted by molar-refractivity contribution is 7.90. The molecule has 1 aliphatic carbocycles. The van der Waals surface area contributed by atoms with E-state index in [9.17, 15) is 13.2 Å². The van der Waals surface area contributed by atoms with Crippen molar-refractivity contribution >= 4 is 16.0 Å². The maximum Gasteiger partial charge on any atom is 0.310 e. The van der Waals surface area contributed by atoms with Crippen LogP contribution >= 0.6 is 0 Å². The Balaban J connectivity index is 2.48. The lowest BCUT2D eigenvalue weighted by Gasteiger charge is -2.22. The Morgan fingerprint density at radius 2 is 2.05 bits per heavy atom. The highest BCUT2D eigenvalue weighted by atomic mass is 32.2. The third-order valence-corrected chi connectivity index (χ3v) is 6.20. The number of nitrogens with one attached hydrogen (secondary N) is 1. The molecule has 7 heteroatoms. The molecule has 0 aromatic heterocycles. The first kappa shape index (κ1) is 18.4. The number of rotatable bonds is 8. The van der Waals surface area contributed by atoms with Crippen LogP contribution in [0.1, 0.15) is 39.5 Å². The van der Waals surface area contributed by atoms with E-state index in [1.165, 1.54) is 7.11 Å². The third-order valence-electron chi connectivity index (χ3n) is 4.23. The van der Waals surface area contributed by atoms with Crippen LogP contribution in [0.5, 0.6) is 0 Å². The molecule has 0 heterocycles. The Morgan fingerprint density at radius 1 is 1.38 bits per heavy atom. The standard InChI is InChI=1S/C14H28N2O4S/c1-11(2)16(3)10-6-9-15-21(18,19)13-8-5-7-12(13)14(17)20-4/h11-13,15H,5-10H2,1-4H3. The van der Waals surface area contributed by atoms with Gasteiger partial charge in [-0.15, -0.1) is 0 Å². The Labute approximate surface area is 128 Å². The summed E-state index contributed by atoms with van der Waals surface area (Å²) in [6, 6.07) is 0.445. The number of methoxy groups -OCH3 is 1. The minimum Gasteiger partial charge on any atom is -0.469 e. The summed E-state index contributed by atoms with van der Waals surface area (Å²) in [4.78, 5) is 13.8. The van der Waals surface area contributed by atoms with Gasteiger partial charge in [0.25, 0.3) is 0 Å². The van der Waals surface area contributed by atoms with Crippen molar-refractivity contribution in [3.05, 3.63) is 0 Å². The van der Waals surface area contributed by atoms with Crippen LogP contribution in [0.4, 0.5) is 0 Å². The van der Waals surface area contributed by atoms with Crippen LogP contribution in [0.25, 0.3) is 0 Å². The smallest absolute Gasteiger partial charge is 0.310 e. The van der Waals surface area contributed by atoms with Gasteiger partial charge in [0.15, 0.2) is 0 Å². The number of hydrogen-bond acceptors (Lipinski definition) is 5. The lowest BCUT2D eigenvalue weighted by Crippen LogP contribution is -2.40. The summed E-state index contributed by atoms with van der Waals surface area (Å²) in [7, 11) is -0.129. The molecular weight excluding hydrogens is 292 g/mol. The van der Waals surface area contributed by atoms with E-state index in [4.69, 9.17) is 4.74 Å². The van der Waals surface area contributed by atoms with Gasteiger partial charge in [-0.05, 0) is 46.7 Å². The molecule has 0 bridgehead atoms. The summed E-state index contributed by atoms with van der Waals surface area (Å²) < 4.78 is 32.0. The summed E-state index contributed by atoms with van der Waals surface area (Å²) in [6.07, 6.45) is 2.63. The van der Waals surface area contributed by atoms with Crippen molar-refractivity contribution in [1.82, 2.24) is 9.62 Å². The second kappa shape index (κ2) is 8.10. The third kappa shape index (κ3) is 5.23. The van der Waals surface area contributed by atoms with Gasteiger partial charge >= 0.3 is 5.97 Å². The SMILES string of the molecule is COC(=O)C1CCCC1S(=O)(=O)NCCCN(C)C(C)C. The minimum atomic E-state index is -3.45. The van der Waals surface area contributed by atoms with Crippen molar-refractivity contribution in [2.24, 2.45) is 5.92 Å². The first-order valence-corrected chi connectivity index (χ1v) is 9.10.